The van der Waals surface area contributed by atoms with Crippen molar-refractivity contribution < 1.29 is 0 Å². The summed E-state index contributed by atoms with van der Waals surface area (Å²) in [5, 5.41) is 14.3. The number of H-pyrrole nitrogens is 1. The molecule has 1 atom stereocenters. The SMILES string of the molecule is C/C=C/Cc1cn(C(C)CC)c(=O)n1Cc1ccc(-c2ccccc2-c2nnn[nH]2)cc1. The van der Waals surface area contributed by atoms with Crippen molar-refractivity contribution in [1.82, 2.24) is 29.8 Å². The Balaban J connectivity index is 1.65. The summed E-state index contributed by atoms with van der Waals surface area (Å²) in [5.74, 6) is 0.635. The molecule has 32 heavy (non-hydrogen) atoms. The van der Waals surface area contributed by atoms with E-state index in [1.807, 2.05) is 46.5 Å². The highest BCUT2D eigenvalue weighted by Crippen LogP contribution is 2.29. The summed E-state index contributed by atoms with van der Waals surface area (Å²) in [6, 6.07) is 16.5. The van der Waals surface area contributed by atoms with Crippen LogP contribution in [0.15, 0.2) is 71.7 Å². The molecule has 0 radical (unpaired) electrons. The van der Waals surface area contributed by atoms with Crippen LogP contribution in [-0.4, -0.2) is 29.8 Å². The van der Waals surface area contributed by atoms with Crippen molar-refractivity contribution in [2.24, 2.45) is 0 Å². The van der Waals surface area contributed by atoms with E-state index in [1.165, 1.54) is 0 Å². The van der Waals surface area contributed by atoms with Gasteiger partial charge in [0.2, 0.25) is 0 Å². The molecule has 7 nitrogen and oxygen atoms in total. The van der Waals surface area contributed by atoms with Crippen LogP contribution in [0.1, 0.15) is 44.5 Å². The minimum absolute atomic E-state index is 0.0473. The van der Waals surface area contributed by atoms with Crippen LogP contribution in [0.3, 0.4) is 0 Å². The lowest BCUT2D eigenvalue weighted by atomic mass is 9.98. The van der Waals surface area contributed by atoms with E-state index in [9.17, 15) is 4.79 Å². The second-order valence-corrected chi connectivity index (χ2v) is 7.92. The van der Waals surface area contributed by atoms with Crippen LogP contribution in [-0.2, 0) is 13.0 Å². The molecular formula is C25H28N6O. The first-order valence-electron chi connectivity index (χ1n) is 11.0. The smallest absolute Gasteiger partial charge is 0.296 e. The van der Waals surface area contributed by atoms with Gasteiger partial charge in [0.05, 0.1) is 6.54 Å². The lowest BCUT2D eigenvalue weighted by Gasteiger charge is -2.10. The maximum atomic E-state index is 13.1. The van der Waals surface area contributed by atoms with E-state index in [2.05, 4.69) is 70.9 Å². The summed E-state index contributed by atoms with van der Waals surface area (Å²) < 4.78 is 3.74. The van der Waals surface area contributed by atoms with Crippen molar-refractivity contribution >= 4 is 0 Å². The van der Waals surface area contributed by atoms with E-state index in [0.717, 1.165) is 40.8 Å². The zero-order chi connectivity index (χ0) is 22.5. The number of benzene rings is 2. The predicted octanol–water partition coefficient (Wildman–Crippen LogP) is 4.63. The van der Waals surface area contributed by atoms with E-state index in [-0.39, 0.29) is 11.7 Å². The lowest BCUT2D eigenvalue weighted by molar-refractivity contribution is 0.504. The number of nitrogens with one attached hydrogen (secondary N) is 1. The van der Waals surface area contributed by atoms with Gasteiger partial charge in [0.1, 0.15) is 0 Å². The van der Waals surface area contributed by atoms with E-state index >= 15 is 0 Å². The molecule has 0 saturated carbocycles. The summed E-state index contributed by atoms with van der Waals surface area (Å²) in [7, 11) is 0. The fourth-order valence-electron chi connectivity index (χ4n) is 3.82. The highest BCUT2D eigenvalue weighted by Gasteiger charge is 2.15. The number of hydrogen-bond acceptors (Lipinski definition) is 4. The fraction of sp³-hybridized carbons (Fsp3) is 0.280. The molecule has 4 rings (SSSR count). The second kappa shape index (κ2) is 9.60. The van der Waals surface area contributed by atoms with Gasteiger partial charge in [-0.25, -0.2) is 9.89 Å². The predicted molar refractivity (Wildman–Crippen MR) is 126 cm³/mol. The van der Waals surface area contributed by atoms with Crippen molar-refractivity contribution in [3.8, 4) is 22.5 Å². The Morgan fingerprint density at radius 1 is 1.09 bits per heavy atom. The Labute approximate surface area is 187 Å². The van der Waals surface area contributed by atoms with Crippen LogP contribution in [0.25, 0.3) is 22.5 Å². The van der Waals surface area contributed by atoms with Gasteiger partial charge >= 0.3 is 5.69 Å². The zero-order valence-electron chi connectivity index (χ0n) is 18.7. The summed E-state index contributed by atoms with van der Waals surface area (Å²) in [6.07, 6.45) is 7.77. The number of nitrogens with zero attached hydrogens (tertiary/aromatic N) is 5. The molecule has 164 valence electrons. The van der Waals surface area contributed by atoms with Crippen molar-refractivity contribution in [3.05, 3.63) is 88.6 Å². The molecular weight excluding hydrogens is 400 g/mol. The molecule has 2 heterocycles. The van der Waals surface area contributed by atoms with Gasteiger partial charge in [-0.15, -0.1) is 5.10 Å². The summed E-state index contributed by atoms with van der Waals surface area (Å²) in [5.41, 5.74) is 5.22. The van der Waals surface area contributed by atoms with Crippen LogP contribution in [0, 0.1) is 0 Å². The number of aromatic amines is 1. The highest BCUT2D eigenvalue weighted by atomic mass is 16.1. The third kappa shape index (κ3) is 4.32. The summed E-state index contributed by atoms with van der Waals surface area (Å²) >= 11 is 0. The molecule has 0 aliphatic heterocycles. The molecule has 0 aliphatic carbocycles. The molecule has 7 heteroatoms. The number of rotatable bonds is 8. The molecule has 1 N–H and O–H groups in total. The number of imidazole rings is 1. The molecule has 4 aromatic rings. The Bertz CT molecular complexity index is 1250. The standard InChI is InChI=1S/C25H28N6O/c1-4-6-9-21-17-30(18(3)5-2)25(32)31(21)16-19-12-14-20(15-13-19)22-10-7-8-11-23(22)24-26-28-29-27-24/h4,6-8,10-15,17-18H,5,9,16H2,1-3H3,(H,26,27,28,29)/b6-4+. The Hall–Kier alpha value is -3.74. The van der Waals surface area contributed by atoms with Gasteiger partial charge in [-0.3, -0.25) is 9.13 Å². The topological polar surface area (TPSA) is 81.4 Å². The van der Waals surface area contributed by atoms with Gasteiger partial charge in [0.15, 0.2) is 5.82 Å². The number of tetrazole rings is 1. The van der Waals surface area contributed by atoms with Crippen molar-refractivity contribution in [2.75, 3.05) is 0 Å². The lowest BCUT2D eigenvalue weighted by Crippen LogP contribution is -2.27. The first-order chi connectivity index (χ1) is 15.6. The third-order valence-corrected chi connectivity index (χ3v) is 5.85. The average Bonchev–Trinajstić information content (AvgIpc) is 3.47. The number of hydrogen-bond donors (Lipinski definition) is 1. The first-order valence-corrected chi connectivity index (χ1v) is 11.0. The molecule has 0 fully saturated rings. The molecule has 1 unspecified atom stereocenters. The molecule has 2 aromatic heterocycles. The second-order valence-electron chi connectivity index (χ2n) is 7.92. The van der Waals surface area contributed by atoms with Gasteiger partial charge in [-0.2, -0.15) is 0 Å². The van der Waals surface area contributed by atoms with E-state index in [0.29, 0.717) is 12.4 Å². The van der Waals surface area contributed by atoms with Crippen LogP contribution >= 0.6 is 0 Å². The van der Waals surface area contributed by atoms with E-state index in [4.69, 9.17) is 0 Å². The normalized spacial score (nSPS) is 12.5. The van der Waals surface area contributed by atoms with E-state index in [1.54, 1.807) is 0 Å². The van der Waals surface area contributed by atoms with Gasteiger partial charge in [0.25, 0.3) is 0 Å². The minimum atomic E-state index is 0.0473. The first kappa shape index (κ1) is 21.5. The van der Waals surface area contributed by atoms with Crippen molar-refractivity contribution in [3.63, 3.8) is 0 Å². The molecule has 0 spiro atoms. The zero-order valence-corrected chi connectivity index (χ0v) is 18.7. The molecule has 0 aliphatic rings. The third-order valence-electron chi connectivity index (χ3n) is 5.85. The van der Waals surface area contributed by atoms with Gasteiger partial charge in [-0.05, 0) is 47.4 Å². The molecule has 0 saturated heterocycles. The highest BCUT2D eigenvalue weighted by molar-refractivity contribution is 5.80. The molecule has 0 amide bonds. The van der Waals surface area contributed by atoms with Crippen LogP contribution in [0.5, 0.6) is 0 Å². The fourth-order valence-corrected chi connectivity index (χ4v) is 3.82. The van der Waals surface area contributed by atoms with E-state index < -0.39 is 0 Å². The summed E-state index contributed by atoms with van der Waals surface area (Å²) in [4.78, 5) is 13.1. The Kier molecular flexibility index (Phi) is 6.44. The maximum Gasteiger partial charge on any atom is 0.328 e. The van der Waals surface area contributed by atoms with Crippen molar-refractivity contribution in [1.29, 1.82) is 0 Å². The number of aromatic nitrogens is 6. The average molecular weight is 429 g/mol. The van der Waals surface area contributed by atoms with Crippen molar-refractivity contribution in [2.45, 2.75) is 46.2 Å². The van der Waals surface area contributed by atoms with Crippen LogP contribution in [0.2, 0.25) is 0 Å². The maximum absolute atomic E-state index is 13.1. The van der Waals surface area contributed by atoms with Gasteiger partial charge in [-0.1, -0.05) is 67.6 Å². The molecule has 2 aromatic carbocycles. The number of allylic oxidation sites excluding steroid dienone is 2. The Morgan fingerprint density at radius 2 is 1.84 bits per heavy atom. The van der Waals surface area contributed by atoms with Gasteiger partial charge < -0.3 is 0 Å². The Morgan fingerprint density at radius 3 is 2.50 bits per heavy atom. The largest absolute Gasteiger partial charge is 0.328 e. The summed E-state index contributed by atoms with van der Waals surface area (Å²) in [6.45, 7) is 6.73. The quantitative estimate of drug-likeness (QED) is 0.415. The monoisotopic (exact) mass is 428 g/mol. The van der Waals surface area contributed by atoms with Crippen LogP contribution < -0.4 is 5.69 Å². The molecule has 0 bridgehead atoms. The van der Waals surface area contributed by atoms with Crippen LogP contribution in [0.4, 0.5) is 0 Å². The van der Waals surface area contributed by atoms with Gasteiger partial charge in [0, 0.05) is 29.9 Å². The minimum Gasteiger partial charge on any atom is -0.296 e.